The maximum absolute atomic E-state index is 6.08. The lowest BCUT2D eigenvalue weighted by atomic mass is 9.88. The van der Waals surface area contributed by atoms with Gasteiger partial charge in [0.15, 0.2) is 0 Å². The predicted octanol–water partition coefficient (Wildman–Crippen LogP) is 3.54. The summed E-state index contributed by atoms with van der Waals surface area (Å²) in [6.45, 7) is 6.72. The summed E-state index contributed by atoms with van der Waals surface area (Å²) in [5, 5.41) is 4.28. The van der Waals surface area contributed by atoms with Crippen molar-refractivity contribution in [2.24, 2.45) is 0 Å². The Balaban J connectivity index is 2.37. The van der Waals surface area contributed by atoms with E-state index in [1.54, 1.807) is 0 Å². The number of rotatable bonds is 2. The van der Waals surface area contributed by atoms with Crippen molar-refractivity contribution in [3.05, 3.63) is 34.3 Å². The molecule has 2 rings (SSSR count). The number of benzene rings is 1. The van der Waals surface area contributed by atoms with Crippen LogP contribution in [0.1, 0.15) is 43.2 Å². The first kappa shape index (κ1) is 11.0. The Morgan fingerprint density at radius 1 is 1.40 bits per heavy atom. The van der Waals surface area contributed by atoms with Crippen molar-refractivity contribution in [1.82, 2.24) is 5.32 Å². The highest BCUT2D eigenvalue weighted by Crippen LogP contribution is 2.32. The van der Waals surface area contributed by atoms with Crippen molar-refractivity contribution < 1.29 is 0 Å². The topological polar surface area (TPSA) is 12.0 Å². The average Bonchev–Trinajstić information content (AvgIpc) is 2.69. The first-order valence-corrected chi connectivity index (χ1v) is 6.06. The number of nitrogens with one attached hydrogen (secondary N) is 1. The molecule has 0 spiro atoms. The lowest BCUT2D eigenvalue weighted by Gasteiger charge is -2.17. The number of halogens is 1. The van der Waals surface area contributed by atoms with E-state index in [1.165, 1.54) is 17.5 Å². The van der Waals surface area contributed by atoms with E-state index in [-0.39, 0.29) is 0 Å². The monoisotopic (exact) mass is 223 g/mol. The largest absolute Gasteiger partial charge is 0.316 e. The van der Waals surface area contributed by atoms with E-state index < -0.39 is 0 Å². The maximum Gasteiger partial charge on any atom is 0.0409 e. The van der Waals surface area contributed by atoms with Gasteiger partial charge in [0.05, 0.1) is 0 Å². The van der Waals surface area contributed by atoms with Gasteiger partial charge >= 0.3 is 0 Å². The standard InChI is InChI=1S/C13H18ClN/c1-9(2)12-4-3-11(14)7-13(12)10-5-6-15-8-10/h3-4,7,9-10,15H,5-6,8H2,1-2H3. The Morgan fingerprint density at radius 2 is 2.20 bits per heavy atom. The first-order valence-electron chi connectivity index (χ1n) is 5.68. The molecule has 0 radical (unpaired) electrons. The summed E-state index contributed by atoms with van der Waals surface area (Å²) in [6, 6.07) is 6.33. The van der Waals surface area contributed by atoms with E-state index in [2.05, 4.69) is 31.3 Å². The van der Waals surface area contributed by atoms with Gasteiger partial charge in [0.2, 0.25) is 0 Å². The van der Waals surface area contributed by atoms with Crippen molar-refractivity contribution in [2.45, 2.75) is 32.1 Å². The van der Waals surface area contributed by atoms with Gasteiger partial charge in [-0.3, -0.25) is 0 Å². The number of hydrogen-bond donors (Lipinski definition) is 1. The van der Waals surface area contributed by atoms with Crippen LogP contribution >= 0.6 is 11.6 Å². The van der Waals surface area contributed by atoms with Crippen LogP contribution in [0.15, 0.2) is 18.2 Å². The minimum atomic E-state index is 0.581. The van der Waals surface area contributed by atoms with Crippen LogP contribution in [-0.2, 0) is 0 Å². The van der Waals surface area contributed by atoms with E-state index >= 15 is 0 Å². The molecule has 1 aliphatic rings. The Hall–Kier alpha value is -0.530. The molecule has 1 fully saturated rings. The van der Waals surface area contributed by atoms with Crippen molar-refractivity contribution in [3.63, 3.8) is 0 Å². The molecule has 1 atom stereocenters. The molecule has 0 aromatic heterocycles. The molecule has 0 aliphatic carbocycles. The van der Waals surface area contributed by atoms with Crippen molar-refractivity contribution in [2.75, 3.05) is 13.1 Å². The van der Waals surface area contributed by atoms with Gasteiger partial charge in [-0.15, -0.1) is 0 Å². The SMILES string of the molecule is CC(C)c1ccc(Cl)cc1C1CCNC1. The fourth-order valence-corrected chi connectivity index (χ4v) is 2.53. The highest BCUT2D eigenvalue weighted by Gasteiger charge is 2.20. The molecule has 0 amide bonds. The predicted molar refractivity (Wildman–Crippen MR) is 65.8 cm³/mol. The van der Waals surface area contributed by atoms with E-state index in [1.807, 2.05) is 6.07 Å². The summed E-state index contributed by atoms with van der Waals surface area (Å²) in [5.74, 6) is 1.24. The van der Waals surface area contributed by atoms with Gasteiger partial charge in [-0.05, 0) is 48.1 Å². The van der Waals surface area contributed by atoms with Gasteiger partial charge in [0.1, 0.15) is 0 Å². The van der Waals surface area contributed by atoms with Crippen LogP contribution in [0.2, 0.25) is 5.02 Å². The maximum atomic E-state index is 6.08. The van der Waals surface area contributed by atoms with Gasteiger partial charge in [-0.25, -0.2) is 0 Å². The first-order chi connectivity index (χ1) is 7.18. The van der Waals surface area contributed by atoms with E-state index in [0.717, 1.165) is 18.1 Å². The quantitative estimate of drug-likeness (QED) is 0.809. The lowest BCUT2D eigenvalue weighted by molar-refractivity contribution is 0.731. The fourth-order valence-electron chi connectivity index (χ4n) is 2.35. The molecular formula is C13H18ClN. The minimum Gasteiger partial charge on any atom is -0.316 e. The lowest BCUT2D eigenvalue weighted by Crippen LogP contribution is -2.09. The van der Waals surface area contributed by atoms with Crippen molar-refractivity contribution in [1.29, 1.82) is 0 Å². The van der Waals surface area contributed by atoms with Crippen LogP contribution in [0.5, 0.6) is 0 Å². The summed E-state index contributed by atoms with van der Waals surface area (Å²) in [6.07, 6.45) is 1.24. The van der Waals surface area contributed by atoms with Crippen molar-refractivity contribution >= 4 is 11.6 Å². The molecule has 15 heavy (non-hydrogen) atoms. The molecule has 1 saturated heterocycles. The summed E-state index contributed by atoms with van der Waals surface area (Å²) >= 11 is 6.08. The third-order valence-electron chi connectivity index (χ3n) is 3.17. The third-order valence-corrected chi connectivity index (χ3v) is 3.41. The Bertz CT molecular complexity index is 340. The summed E-state index contributed by atoms with van der Waals surface area (Å²) in [5.41, 5.74) is 2.90. The Kier molecular flexibility index (Phi) is 3.32. The molecule has 1 N–H and O–H groups in total. The van der Waals surface area contributed by atoms with Gasteiger partial charge < -0.3 is 5.32 Å². The molecule has 1 nitrogen and oxygen atoms in total. The second-order valence-electron chi connectivity index (χ2n) is 4.62. The molecule has 0 bridgehead atoms. The van der Waals surface area contributed by atoms with Crippen LogP contribution in [0, 0.1) is 0 Å². The zero-order valence-corrected chi connectivity index (χ0v) is 10.1. The minimum absolute atomic E-state index is 0.581. The molecule has 2 heteroatoms. The van der Waals surface area contributed by atoms with E-state index in [0.29, 0.717) is 11.8 Å². The normalized spacial score (nSPS) is 21.2. The molecule has 1 unspecified atom stereocenters. The molecule has 1 aliphatic heterocycles. The van der Waals surface area contributed by atoms with Crippen LogP contribution in [0.25, 0.3) is 0 Å². The van der Waals surface area contributed by atoms with E-state index in [9.17, 15) is 0 Å². The van der Waals surface area contributed by atoms with Crippen LogP contribution < -0.4 is 5.32 Å². The van der Waals surface area contributed by atoms with Gasteiger partial charge in [0, 0.05) is 11.6 Å². The molecule has 1 heterocycles. The second kappa shape index (κ2) is 4.54. The summed E-state index contributed by atoms with van der Waals surface area (Å²) < 4.78 is 0. The summed E-state index contributed by atoms with van der Waals surface area (Å²) in [4.78, 5) is 0. The molecule has 0 saturated carbocycles. The van der Waals surface area contributed by atoms with Gasteiger partial charge in [-0.2, -0.15) is 0 Å². The van der Waals surface area contributed by atoms with Gasteiger partial charge in [-0.1, -0.05) is 31.5 Å². The Morgan fingerprint density at radius 3 is 2.80 bits per heavy atom. The molecular weight excluding hydrogens is 206 g/mol. The fraction of sp³-hybridized carbons (Fsp3) is 0.538. The highest BCUT2D eigenvalue weighted by molar-refractivity contribution is 6.30. The smallest absolute Gasteiger partial charge is 0.0409 e. The molecule has 1 aromatic carbocycles. The molecule has 1 aromatic rings. The van der Waals surface area contributed by atoms with Crippen LogP contribution in [0.3, 0.4) is 0 Å². The molecule has 82 valence electrons. The van der Waals surface area contributed by atoms with E-state index in [4.69, 9.17) is 11.6 Å². The zero-order valence-electron chi connectivity index (χ0n) is 9.39. The second-order valence-corrected chi connectivity index (χ2v) is 5.05. The van der Waals surface area contributed by atoms with Crippen molar-refractivity contribution in [3.8, 4) is 0 Å². The number of hydrogen-bond acceptors (Lipinski definition) is 1. The third kappa shape index (κ3) is 2.35. The van der Waals surface area contributed by atoms with Crippen LogP contribution in [0.4, 0.5) is 0 Å². The summed E-state index contributed by atoms with van der Waals surface area (Å²) in [7, 11) is 0. The average molecular weight is 224 g/mol. The highest BCUT2D eigenvalue weighted by atomic mass is 35.5. The van der Waals surface area contributed by atoms with Gasteiger partial charge in [0.25, 0.3) is 0 Å². The Labute approximate surface area is 96.8 Å². The van der Waals surface area contributed by atoms with Crippen LogP contribution in [-0.4, -0.2) is 13.1 Å². The zero-order chi connectivity index (χ0) is 10.8.